The van der Waals surface area contributed by atoms with Crippen molar-refractivity contribution in [1.82, 2.24) is 73.9 Å². The Morgan fingerprint density at radius 2 is 0.538 bits per heavy atom. The second-order valence-electron chi connectivity index (χ2n) is 33.7. The number of nitrogens with one attached hydrogen (secondary N) is 5. The van der Waals surface area contributed by atoms with Crippen LogP contribution in [0.4, 0.5) is 0 Å². The van der Waals surface area contributed by atoms with Gasteiger partial charge in [0.1, 0.15) is 38.3 Å². The molecule has 15 aliphatic rings. The Morgan fingerprint density at radius 1 is 0.276 bits per heavy atom. The summed E-state index contributed by atoms with van der Waals surface area (Å²) in [6.45, 7) is -29.4. The Morgan fingerprint density at radius 3 is 0.869 bits per heavy atom. The van der Waals surface area contributed by atoms with E-state index in [1.165, 1.54) is 18.2 Å². The molecule has 35 nitrogen and oxygen atoms in total. The SMILES string of the molecule is [2H]c1c([2H])c([2H])c2c3c([nH]c2c1[2H])[C@@]([2H])(c1ccc2c(c1)OC([2H])([2H])O2)N1C(=O)CN(C([2H])([2H])[2H])C(=O)[C@@]1([2H])C3.[2H]c1c([2H])c([C@]2([2H])c3[nH]c4c([2H])c([2H])c([2H])c([2H])c4c3C[C@]3([2H])C(=O)N(C([2H])([2H])[2H])CC(=O)N23)c([2H])c2c1OC([2H])([2H])O2.[2H]c1c([2H])c([C@]2([2H])c3[nH]c4c([2H])c([2H])c([2H])c([2H])c4c3C[C@]3([2H])C(=O)N(C([2H])([2H])[2H])CC(=O)N23)c([2H])c2c1OCO2.[2H]c1c([2H])c([C@]2([2H])c3[nH]c4ccccc4c3C[C@]3([2H])C(=O)N(C([2H])([2H])[2H])CC(=O)N23)c([2H])c2c1OC([2H])([2H])O2.[2H]c1c([2H])c([C@]2([2H])c3[nH]c4ccccc4c3C[C@]3([2H])C(=O)N(C([2H])([2H])[2H])CC(=O)N23)c([2H])c2c1OCO2. The summed E-state index contributed by atoms with van der Waals surface area (Å²) in [5.74, 6) is -15.8. The molecule has 35 heteroatoms. The van der Waals surface area contributed by atoms with Gasteiger partial charge in [0.05, 0.1) is 109 Å². The first kappa shape index (κ1) is 47.5. The van der Waals surface area contributed by atoms with Crippen LogP contribution in [0, 0.1) is 0 Å². The molecule has 10 amide bonds. The van der Waals surface area contributed by atoms with Gasteiger partial charge in [-0.05, 0) is 146 Å². The number of H-pyrrole nitrogens is 5. The smallest absolute Gasteiger partial charge is 0.245 e. The van der Waals surface area contributed by atoms with E-state index in [4.69, 9.17) is 109 Å². The summed E-state index contributed by atoms with van der Waals surface area (Å²) in [5.41, 5.74) is -3.26. The Labute approximate surface area is 904 Å². The second kappa shape index (κ2) is 33.9. The number of likely N-dealkylation sites (N-methyl/N-ethyl adjacent to an activating group) is 5. The molecular weight excluding hydrogens is 1850 g/mol. The molecule has 0 saturated carbocycles. The standard InChI is InChI=1S/5C22H19N3O4/c5*1-24-10-19(26)25-16(22(24)27)9-14-13-4-2-3-5-15(13)23-20(14)21(25)12-6-7-17-18(8-12)29-11-28-17/h5*2-8,16,21,23H,9-11H2,1H3/t5*16-,21-/m11111/s1/i1D3,2D,3D,4D,5D,6D,7D,8D,11D2,16D,21D;1D3,2D,3D,4D,5D,6D,7D,8D,16D,21D;1D3,2D,3D,4D,5D,11D2,16D,21D;1D3,6D,7D,8D,11D2,16D,21D;1D3,6D,7D,8D,16D,21D. The number of amides is 10. The van der Waals surface area contributed by atoms with E-state index in [0.29, 0.717) is 61.7 Å². The van der Waals surface area contributed by atoms with Crippen molar-refractivity contribution in [3.05, 3.63) is 296 Å². The zero-order valence-electron chi connectivity index (χ0n) is 128. The lowest BCUT2D eigenvalue weighted by molar-refractivity contribution is -0.157. The molecule has 5 saturated heterocycles. The van der Waals surface area contributed by atoms with E-state index < -0.39 is 442 Å². The van der Waals surface area contributed by atoms with Gasteiger partial charge in [-0.15, -0.1) is 0 Å². The van der Waals surface area contributed by atoms with Crippen molar-refractivity contribution in [3.8, 4) is 57.5 Å². The zero-order valence-corrected chi connectivity index (χ0v) is 73.5. The number of piperazine rings is 5. The number of carbonyl (C=O) groups excluding carboxylic acids is 10. The molecule has 730 valence electrons. The number of fused-ring (bicyclic) bond motifs is 25. The molecule has 0 aliphatic carbocycles. The van der Waals surface area contributed by atoms with Gasteiger partial charge in [0.25, 0.3) is 0 Å². The Kier molecular flexibility index (Phi) is 11.1. The molecule has 145 heavy (non-hydrogen) atoms. The summed E-state index contributed by atoms with van der Waals surface area (Å²) in [6, 6.07) is -26.0. The van der Waals surface area contributed by atoms with Gasteiger partial charge in [-0.25, -0.2) is 0 Å². The maximum Gasteiger partial charge on any atom is 0.245 e. The first-order valence-electron chi connectivity index (χ1n) is 71.1. The van der Waals surface area contributed by atoms with Crippen LogP contribution in [0.1, 0.15) is 190 Å². The minimum atomic E-state index is -3.19. The van der Waals surface area contributed by atoms with Gasteiger partial charge < -0.3 is 121 Å². The zero-order chi connectivity index (χ0) is 146. The van der Waals surface area contributed by atoms with Crippen molar-refractivity contribution < 1.29 is 171 Å². The molecule has 5 aromatic heterocycles. The molecule has 0 unspecified atom stereocenters. The van der Waals surface area contributed by atoms with Crippen LogP contribution in [0.15, 0.2) is 212 Å². The van der Waals surface area contributed by atoms with Gasteiger partial charge >= 0.3 is 0 Å². The molecule has 0 radical (unpaired) electrons. The van der Waals surface area contributed by atoms with Crippen molar-refractivity contribution in [3.63, 3.8) is 0 Å². The number of benzene rings is 10. The Hall–Kier alpha value is -17.4. The lowest BCUT2D eigenvalue weighted by Crippen LogP contribution is -2.62. The highest BCUT2D eigenvalue weighted by Crippen LogP contribution is 2.53. The predicted octanol–water partition coefficient (Wildman–Crippen LogP) is 11.1. The average Bonchev–Trinajstić information content (AvgIpc) is 1.47. The third kappa shape index (κ3) is 14.2. The van der Waals surface area contributed by atoms with Crippen LogP contribution >= 0.6 is 0 Å². The maximum absolute atomic E-state index is 13.8. The van der Waals surface area contributed by atoms with Crippen LogP contribution in [-0.4, -0.2) is 265 Å². The van der Waals surface area contributed by atoms with E-state index in [2.05, 4.69) is 24.9 Å². The number of hydrogen-bond acceptors (Lipinski definition) is 20. The lowest BCUT2D eigenvalue weighted by atomic mass is 9.86. The molecule has 30 rings (SSSR count). The summed E-state index contributed by atoms with van der Waals surface area (Å²) < 4.78 is 512. The summed E-state index contributed by atoms with van der Waals surface area (Å²) in [4.78, 5) is 155. The second-order valence-corrected chi connectivity index (χ2v) is 33.7. The van der Waals surface area contributed by atoms with Crippen molar-refractivity contribution in [1.29, 1.82) is 0 Å². The van der Waals surface area contributed by atoms with Gasteiger partial charge in [0.2, 0.25) is 92.9 Å². The van der Waals surface area contributed by atoms with Gasteiger partial charge in [0, 0.05) is 171 Å². The minimum absolute atomic E-state index is 0.0172. The number of hydrogen-bond donors (Lipinski definition) is 5. The maximum atomic E-state index is 13.8. The number of ether oxygens (including phenoxy) is 10. The quantitative estimate of drug-likeness (QED) is 0.107. The molecule has 15 aromatic rings. The van der Waals surface area contributed by atoms with Gasteiger partial charge in [0.15, 0.2) is 57.5 Å². The van der Waals surface area contributed by atoms with E-state index in [0.717, 1.165) is 0 Å². The van der Waals surface area contributed by atoms with Gasteiger partial charge in [-0.1, -0.05) is 121 Å². The minimum Gasteiger partial charge on any atom is -0.454 e. The van der Waals surface area contributed by atoms with Crippen LogP contribution in [-0.2, 0) is 80.0 Å². The molecule has 0 spiro atoms. The molecule has 15 aliphatic heterocycles. The molecule has 10 atom stereocenters. The van der Waals surface area contributed by atoms with E-state index in [1.807, 2.05) is 0 Å². The fraction of sp³-hybridized carbons (Fsp3) is 0.273. The van der Waals surface area contributed by atoms with Crippen LogP contribution in [0.5, 0.6) is 57.5 Å². The monoisotopic (exact) mass is 2000 g/mol. The fourth-order valence-corrected chi connectivity index (χ4v) is 19.4. The highest BCUT2D eigenvalue weighted by Gasteiger charge is 2.55. The van der Waals surface area contributed by atoms with Gasteiger partial charge in [-0.3, -0.25) is 47.9 Å². The molecule has 5 N–H and O–H groups in total. The van der Waals surface area contributed by atoms with Crippen LogP contribution < -0.4 is 47.4 Å². The van der Waals surface area contributed by atoms with E-state index in [9.17, 15) is 61.7 Å². The van der Waals surface area contributed by atoms with E-state index in [1.54, 1.807) is 48.5 Å². The largest absolute Gasteiger partial charge is 0.454 e. The number of aromatic nitrogens is 5. The topological polar surface area (TPSA) is 374 Å². The van der Waals surface area contributed by atoms with Crippen molar-refractivity contribution in [2.45, 2.75) is 92.3 Å². The van der Waals surface area contributed by atoms with Crippen LogP contribution in [0.2, 0.25) is 0 Å². The Balaban J connectivity index is 0.000000117. The molecule has 20 heterocycles. The first-order chi connectivity index (χ1) is 92.4. The molecular formula is C110H95N15O20. The first-order valence-corrected chi connectivity index (χ1v) is 43.6. The third-order valence-electron chi connectivity index (χ3n) is 25.6. The fourth-order valence-electron chi connectivity index (χ4n) is 19.4. The Bertz CT molecular complexity index is 11200. The van der Waals surface area contributed by atoms with Crippen molar-refractivity contribution >= 4 is 114 Å². The van der Waals surface area contributed by atoms with E-state index in [-0.39, 0.29) is 139 Å². The number of carbonyl (C=O) groups is 10. The van der Waals surface area contributed by atoms with Crippen LogP contribution in [0.25, 0.3) is 54.5 Å². The molecule has 0 bridgehead atoms. The average molecular weight is 2000 g/mol. The number of para-hydroxylation sites is 5. The summed E-state index contributed by atoms with van der Waals surface area (Å²) in [7, 11) is 0. The number of nitrogens with zero attached hydrogens (tertiary/aromatic N) is 10. The van der Waals surface area contributed by atoms with Crippen LogP contribution in [0.3, 0.4) is 0 Å². The lowest BCUT2D eigenvalue weighted by Gasteiger charge is -2.46. The highest BCUT2D eigenvalue weighted by molar-refractivity contribution is 6.03. The van der Waals surface area contributed by atoms with Gasteiger partial charge in [-0.2, -0.15) is 0 Å². The predicted molar refractivity (Wildman–Crippen MR) is 523 cm³/mol. The summed E-state index contributed by atoms with van der Waals surface area (Å²) in [6.07, 6.45) is -3.21. The third-order valence-corrected chi connectivity index (χ3v) is 25.6. The molecule has 10 aromatic carbocycles. The highest BCUT2D eigenvalue weighted by atomic mass is 16.7. The van der Waals surface area contributed by atoms with E-state index >= 15 is 0 Å². The summed E-state index contributed by atoms with van der Waals surface area (Å²) in [5, 5.41) is 0.438. The summed E-state index contributed by atoms with van der Waals surface area (Å²) >= 11 is 0. The van der Waals surface area contributed by atoms with Crippen molar-refractivity contribution in [2.24, 2.45) is 0 Å². The number of aromatic amines is 5. The van der Waals surface area contributed by atoms with Crippen molar-refractivity contribution in [2.75, 3.05) is 101 Å². The molecule has 5 fully saturated rings. The number of rotatable bonds is 5. The normalized spacial score (nSPS) is 34.8.